The molecule has 3 N–H and O–H groups in total. The van der Waals surface area contributed by atoms with Crippen molar-refractivity contribution in [2.24, 2.45) is 11.3 Å². The molecule has 0 saturated heterocycles. The van der Waals surface area contributed by atoms with Crippen LogP contribution in [0.3, 0.4) is 0 Å². The zero-order chi connectivity index (χ0) is 19.2. The maximum Gasteiger partial charge on any atom is 0.267 e. The average molecular weight is 380 g/mol. The van der Waals surface area contributed by atoms with Crippen LogP contribution in [0.1, 0.15) is 48.1 Å². The summed E-state index contributed by atoms with van der Waals surface area (Å²) in [5.74, 6) is 0.470. The van der Waals surface area contributed by atoms with E-state index < -0.39 is 0 Å². The molecule has 0 fully saturated rings. The Morgan fingerprint density at radius 1 is 1.26 bits per heavy atom. The van der Waals surface area contributed by atoms with Crippen molar-refractivity contribution in [3.05, 3.63) is 52.5 Å². The van der Waals surface area contributed by atoms with Gasteiger partial charge in [-0.1, -0.05) is 39.0 Å². The van der Waals surface area contributed by atoms with Gasteiger partial charge in [-0.05, 0) is 54.4 Å². The van der Waals surface area contributed by atoms with Crippen LogP contribution in [0, 0.1) is 11.3 Å². The lowest BCUT2D eigenvalue weighted by Gasteiger charge is -2.34. The number of rotatable bonds is 2. The Balaban J connectivity index is 1.67. The number of benzene rings is 1. The van der Waals surface area contributed by atoms with Crippen molar-refractivity contribution < 1.29 is 4.79 Å². The molecular formula is C22H25N3OS. The molecule has 4 nitrogen and oxygen atoms in total. The number of anilines is 2. The Morgan fingerprint density at radius 2 is 2.00 bits per heavy atom. The smallest absolute Gasteiger partial charge is 0.267 e. The second-order valence-electron chi connectivity index (χ2n) is 8.42. The highest BCUT2D eigenvalue weighted by Gasteiger charge is 2.30. The Hall–Kier alpha value is -2.40. The number of carbonyl (C=O) groups excluding carboxylic acids is 1. The maximum atomic E-state index is 12.7. The molecule has 0 radical (unpaired) electrons. The zero-order valence-electron chi connectivity index (χ0n) is 16.0. The van der Waals surface area contributed by atoms with E-state index in [-0.39, 0.29) is 11.3 Å². The fraction of sp³-hybridized carbons (Fsp3) is 0.364. The molecule has 140 valence electrons. The van der Waals surface area contributed by atoms with Gasteiger partial charge in [0.1, 0.15) is 9.71 Å². The molecule has 2 heterocycles. The fourth-order valence-electron chi connectivity index (χ4n) is 3.81. The van der Waals surface area contributed by atoms with E-state index in [2.05, 4.69) is 32.2 Å². The maximum absolute atomic E-state index is 12.7. The standard InChI is InChI=1S/C22H25N3OS/c1-22(2,3)14-9-10-17-13(11-14)12-16-18(23)19(27-21(16)25-17)20(26)24-15-7-5-4-6-8-15/h4-8,12,14H,9-11,23H2,1-3H3,(H,24,26)/t14-/m1/s1. The Labute approximate surface area is 163 Å². The van der Waals surface area contributed by atoms with E-state index in [1.807, 2.05) is 30.3 Å². The van der Waals surface area contributed by atoms with Gasteiger partial charge in [-0.15, -0.1) is 11.3 Å². The average Bonchev–Trinajstić information content (AvgIpc) is 2.95. The zero-order valence-corrected chi connectivity index (χ0v) is 16.8. The lowest BCUT2D eigenvalue weighted by Crippen LogP contribution is -2.27. The lowest BCUT2D eigenvalue weighted by atomic mass is 9.71. The summed E-state index contributed by atoms with van der Waals surface area (Å²) in [5.41, 5.74) is 10.4. The summed E-state index contributed by atoms with van der Waals surface area (Å²) in [6, 6.07) is 11.6. The van der Waals surface area contributed by atoms with Gasteiger partial charge in [0.2, 0.25) is 0 Å². The van der Waals surface area contributed by atoms with Gasteiger partial charge in [0.05, 0.1) is 5.69 Å². The van der Waals surface area contributed by atoms with Gasteiger partial charge in [0.15, 0.2) is 0 Å². The van der Waals surface area contributed by atoms with Crippen LogP contribution in [-0.4, -0.2) is 10.9 Å². The quantitative estimate of drug-likeness (QED) is 0.636. The van der Waals surface area contributed by atoms with Gasteiger partial charge in [0.25, 0.3) is 5.91 Å². The largest absolute Gasteiger partial charge is 0.397 e. The van der Waals surface area contributed by atoms with Crippen LogP contribution in [0.2, 0.25) is 0 Å². The molecule has 0 aliphatic heterocycles. The highest BCUT2D eigenvalue weighted by atomic mass is 32.1. The lowest BCUT2D eigenvalue weighted by molar-refractivity contribution is 0.103. The second-order valence-corrected chi connectivity index (χ2v) is 9.42. The van der Waals surface area contributed by atoms with Crippen molar-refractivity contribution in [1.82, 2.24) is 4.98 Å². The summed E-state index contributed by atoms with van der Waals surface area (Å²) >= 11 is 1.38. The summed E-state index contributed by atoms with van der Waals surface area (Å²) in [7, 11) is 0. The highest BCUT2D eigenvalue weighted by molar-refractivity contribution is 7.21. The minimum atomic E-state index is -0.174. The molecule has 4 rings (SSSR count). The van der Waals surface area contributed by atoms with E-state index in [1.54, 1.807) is 0 Å². The number of nitrogens with one attached hydrogen (secondary N) is 1. The first-order chi connectivity index (χ1) is 12.8. The van der Waals surface area contributed by atoms with Gasteiger partial charge >= 0.3 is 0 Å². The molecule has 0 spiro atoms. The summed E-state index contributed by atoms with van der Waals surface area (Å²) in [4.78, 5) is 19.0. The van der Waals surface area contributed by atoms with Crippen LogP contribution < -0.4 is 11.1 Å². The first kappa shape index (κ1) is 18.0. The van der Waals surface area contributed by atoms with Gasteiger partial charge in [0, 0.05) is 16.8 Å². The minimum Gasteiger partial charge on any atom is -0.397 e. The van der Waals surface area contributed by atoms with Crippen LogP contribution >= 0.6 is 11.3 Å². The number of nitrogens with two attached hydrogens (primary N) is 1. The molecule has 1 aliphatic rings. The topological polar surface area (TPSA) is 68.0 Å². The first-order valence-corrected chi connectivity index (χ1v) is 10.2. The van der Waals surface area contributed by atoms with Crippen molar-refractivity contribution >= 4 is 38.8 Å². The number of hydrogen-bond donors (Lipinski definition) is 2. The van der Waals surface area contributed by atoms with Crippen molar-refractivity contribution in [2.75, 3.05) is 11.1 Å². The number of para-hydroxylation sites is 1. The third-order valence-corrected chi connectivity index (χ3v) is 6.66. The predicted octanol–water partition coefficient (Wildman–Crippen LogP) is 5.28. The molecule has 0 bridgehead atoms. The molecule has 1 amide bonds. The molecule has 2 aromatic heterocycles. The number of carbonyl (C=O) groups is 1. The molecule has 0 unspecified atom stereocenters. The molecule has 5 heteroatoms. The van der Waals surface area contributed by atoms with Gasteiger partial charge in [-0.25, -0.2) is 4.98 Å². The number of nitrogens with zero attached hydrogens (tertiary/aromatic N) is 1. The third kappa shape index (κ3) is 3.44. The van der Waals surface area contributed by atoms with Gasteiger partial charge in [-0.2, -0.15) is 0 Å². The summed E-state index contributed by atoms with van der Waals surface area (Å²) in [6.45, 7) is 6.92. The number of amides is 1. The van der Waals surface area contributed by atoms with Crippen LogP contribution in [0.5, 0.6) is 0 Å². The Bertz CT molecular complexity index is 1000. The van der Waals surface area contributed by atoms with E-state index in [0.29, 0.717) is 16.5 Å². The molecule has 1 aromatic carbocycles. The monoisotopic (exact) mass is 379 g/mol. The van der Waals surface area contributed by atoms with E-state index >= 15 is 0 Å². The third-order valence-electron chi connectivity index (χ3n) is 5.55. The summed E-state index contributed by atoms with van der Waals surface area (Å²) in [5, 5.41) is 3.83. The SMILES string of the molecule is CC(C)(C)[C@@H]1CCc2nc3sc(C(=O)Nc4ccccc4)c(N)c3cc2C1. The number of pyridine rings is 1. The van der Waals surface area contributed by atoms with Gasteiger partial charge in [-0.3, -0.25) is 4.79 Å². The molecular weight excluding hydrogens is 354 g/mol. The Kier molecular flexibility index (Phi) is 4.42. The second kappa shape index (κ2) is 6.64. The van der Waals surface area contributed by atoms with Gasteiger partial charge < -0.3 is 11.1 Å². The number of thiophene rings is 1. The summed E-state index contributed by atoms with van der Waals surface area (Å²) < 4.78 is 0. The molecule has 1 aliphatic carbocycles. The molecule has 0 saturated carbocycles. The Morgan fingerprint density at radius 3 is 2.70 bits per heavy atom. The number of fused-ring (bicyclic) bond motifs is 2. The first-order valence-electron chi connectivity index (χ1n) is 9.40. The van der Waals surface area contributed by atoms with Crippen molar-refractivity contribution in [2.45, 2.75) is 40.0 Å². The molecule has 27 heavy (non-hydrogen) atoms. The minimum absolute atomic E-state index is 0.174. The van der Waals surface area contributed by atoms with Crippen LogP contribution in [0.15, 0.2) is 36.4 Å². The van der Waals surface area contributed by atoms with E-state index in [9.17, 15) is 4.79 Å². The number of aryl methyl sites for hydroxylation is 1. The number of aromatic nitrogens is 1. The van der Waals surface area contributed by atoms with Crippen LogP contribution in [0.4, 0.5) is 11.4 Å². The highest BCUT2D eigenvalue weighted by Crippen LogP contribution is 2.40. The fourth-order valence-corrected chi connectivity index (χ4v) is 4.80. The number of nitrogen functional groups attached to an aromatic ring is 1. The van der Waals surface area contributed by atoms with Crippen LogP contribution in [0.25, 0.3) is 10.2 Å². The van der Waals surface area contributed by atoms with E-state index in [0.717, 1.165) is 35.2 Å². The van der Waals surface area contributed by atoms with Crippen LogP contribution in [-0.2, 0) is 12.8 Å². The van der Waals surface area contributed by atoms with Crippen molar-refractivity contribution in [3.8, 4) is 0 Å². The van der Waals surface area contributed by atoms with E-state index in [1.165, 1.54) is 22.6 Å². The molecule has 1 atom stereocenters. The molecule has 3 aromatic rings. The summed E-state index contributed by atoms with van der Waals surface area (Å²) in [6.07, 6.45) is 3.19. The van der Waals surface area contributed by atoms with Crippen molar-refractivity contribution in [3.63, 3.8) is 0 Å². The van der Waals surface area contributed by atoms with Crippen molar-refractivity contribution in [1.29, 1.82) is 0 Å². The van der Waals surface area contributed by atoms with E-state index in [4.69, 9.17) is 10.7 Å². The normalized spacial score (nSPS) is 16.9. The number of hydrogen-bond acceptors (Lipinski definition) is 4. The predicted molar refractivity (Wildman–Crippen MR) is 113 cm³/mol.